The van der Waals surface area contributed by atoms with Crippen LogP contribution in [0, 0.1) is 6.92 Å². The zero-order chi connectivity index (χ0) is 17.5. The van der Waals surface area contributed by atoms with Crippen LogP contribution >= 0.6 is 23.2 Å². The molecule has 0 spiro atoms. The summed E-state index contributed by atoms with van der Waals surface area (Å²) in [6.07, 6.45) is 0. The lowest BCUT2D eigenvalue weighted by Crippen LogP contribution is -2.37. The van der Waals surface area contributed by atoms with E-state index in [4.69, 9.17) is 27.9 Å². The Morgan fingerprint density at radius 3 is 2.50 bits per heavy atom. The van der Waals surface area contributed by atoms with Crippen molar-refractivity contribution >= 4 is 40.7 Å². The zero-order valence-corrected chi connectivity index (χ0v) is 14.4. The predicted octanol–water partition coefficient (Wildman–Crippen LogP) is 3.44. The van der Waals surface area contributed by atoms with Gasteiger partial charge in [-0.25, -0.2) is 0 Å². The number of benzene rings is 2. The highest BCUT2D eigenvalue weighted by molar-refractivity contribution is 6.39. The first-order valence-corrected chi connectivity index (χ1v) is 7.95. The van der Waals surface area contributed by atoms with E-state index in [2.05, 4.69) is 10.6 Å². The van der Waals surface area contributed by atoms with Gasteiger partial charge in [-0.05, 0) is 36.8 Å². The van der Waals surface area contributed by atoms with Crippen molar-refractivity contribution < 1.29 is 14.3 Å². The molecular formula is C17H16Cl2N2O3. The van der Waals surface area contributed by atoms with E-state index < -0.39 is 11.8 Å². The number of amides is 2. The monoisotopic (exact) mass is 366 g/mol. The second-order valence-electron chi connectivity index (χ2n) is 4.95. The van der Waals surface area contributed by atoms with E-state index in [0.29, 0.717) is 21.5 Å². The largest absolute Gasteiger partial charge is 0.490 e. The van der Waals surface area contributed by atoms with Crippen LogP contribution in [0.15, 0.2) is 42.5 Å². The molecule has 0 aliphatic heterocycles. The molecule has 0 bridgehead atoms. The van der Waals surface area contributed by atoms with Crippen molar-refractivity contribution in [3.05, 3.63) is 58.1 Å². The van der Waals surface area contributed by atoms with Crippen LogP contribution in [0.5, 0.6) is 5.75 Å². The van der Waals surface area contributed by atoms with Gasteiger partial charge in [0.1, 0.15) is 12.4 Å². The molecule has 2 amide bonds. The van der Waals surface area contributed by atoms with Crippen LogP contribution in [0.2, 0.25) is 10.0 Å². The van der Waals surface area contributed by atoms with Crippen molar-refractivity contribution in [3.8, 4) is 5.75 Å². The minimum Gasteiger partial charge on any atom is -0.490 e. The summed E-state index contributed by atoms with van der Waals surface area (Å²) >= 11 is 11.9. The van der Waals surface area contributed by atoms with Crippen molar-refractivity contribution in [1.82, 2.24) is 5.32 Å². The molecule has 0 unspecified atom stereocenters. The normalized spacial score (nSPS) is 10.1. The number of rotatable bonds is 5. The van der Waals surface area contributed by atoms with E-state index >= 15 is 0 Å². The summed E-state index contributed by atoms with van der Waals surface area (Å²) in [6.45, 7) is 2.21. The predicted molar refractivity (Wildman–Crippen MR) is 94.8 cm³/mol. The smallest absolute Gasteiger partial charge is 0.313 e. The quantitative estimate of drug-likeness (QED) is 0.629. The molecule has 0 radical (unpaired) electrons. The van der Waals surface area contributed by atoms with Gasteiger partial charge < -0.3 is 15.4 Å². The van der Waals surface area contributed by atoms with Gasteiger partial charge in [0.15, 0.2) is 0 Å². The Morgan fingerprint density at radius 2 is 1.79 bits per heavy atom. The van der Waals surface area contributed by atoms with E-state index in [1.54, 1.807) is 42.5 Å². The van der Waals surface area contributed by atoms with Crippen LogP contribution in [0.25, 0.3) is 0 Å². The van der Waals surface area contributed by atoms with Crippen LogP contribution in [-0.2, 0) is 9.59 Å². The van der Waals surface area contributed by atoms with E-state index in [1.165, 1.54) is 0 Å². The number of hydrogen-bond acceptors (Lipinski definition) is 3. The Balaban J connectivity index is 1.76. The van der Waals surface area contributed by atoms with Gasteiger partial charge in [-0.1, -0.05) is 41.4 Å². The van der Waals surface area contributed by atoms with Gasteiger partial charge in [0.25, 0.3) is 0 Å². The maximum atomic E-state index is 11.8. The molecular weight excluding hydrogens is 351 g/mol. The first-order chi connectivity index (χ1) is 11.5. The van der Waals surface area contributed by atoms with Crippen molar-refractivity contribution in [2.75, 3.05) is 18.5 Å². The molecule has 0 aliphatic rings. The second kappa shape index (κ2) is 8.57. The van der Waals surface area contributed by atoms with E-state index in [0.717, 1.165) is 5.56 Å². The summed E-state index contributed by atoms with van der Waals surface area (Å²) in [7, 11) is 0. The van der Waals surface area contributed by atoms with Crippen LogP contribution in [0.4, 0.5) is 5.69 Å². The van der Waals surface area contributed by atoms with Crippen molar-refractivity contribution in [3.63, 3.8) is 0 Å². The number of para-hydroxylation sites is 1. The third-order valence-corrected chi connectivity index (χ3v) is 3.84. The third-order valence-electron chi connectivity index (χ3n) is 3.12. The Hall–Kier alpha value is -2.24. The highest BCUT2D eigenvalue weighted by Crippen LogP contribution is 2.22. The molecule has 5 nitrogen and oxygen atoms in total. The SMILES string of the molecule is Cc1ccc(NC(=O)C(=O)NCCOc2ccccc2Cl)cc1Cl. The maximum absolute atomic E-state index is 11.8. The molecule has 0 aromatic heterocycles. The van der Waals surface area contributed by atoms with Crippen molar-refractivity contribution in [1.29, 1.82) is 0 Å². The number of halogens is 2. The molecule has 2 N–H and O–H groups in total. The molecule has 0 atom stereocenters. The molecule has 2 aromatic carbocycles. The topological polar surface area (TPSA) is 67.4 Å². The number of carbonyl (C=O) groups is 2. The Morgan fingerprint density at radius 1 is 1.04 bits per heavy atom. The van der Waals surface area contributed by atoms with Crippen LogP contribution in [-0.4, -0.2) is 25.0 Å². The molecule has 0 aliphatic carbocycles. The first kappa shape index (κ1) is 18.1. The van der Waals surface area contributed by atoms with Crippen LogP contribution < -0.4 is 15.4 Å². The van der Waals surface area contributed by atoms with Gasteiger partial charge in [0, 0.05) is 10.7 Å². The number of aryl methyl sites for hydroxylation is 1. The number of nitrogens with one attached hydrogen (secondary N) is 2. The molecule has 0 saturated heterocycles. The molecule has 126 valence electrons. The summed E-state index contributed by atoms with van der Waals surface area (Å²) < 4.78 is 5.42. The van der Waals surface area contributed by atoms with Gasteiger partial charge in [0.05, 0.1) is 11.6 Å². The summed E-state index contributed by atoms with van der Waals surface area (Å²) in [5.74, 6) is -1.01. The average molecular weight is 367 g/mol. The van der Waals surface area contributed by atoms with Gasteiger partial charge in [-0.3, -0.25) is 9.59 Å². The highest BCUT2D eigenvalue weighted by atomic mass is 35.5. The number of anilines is 1. The number of carbonyl (C=O) groups excluding carboxylic acids is 2. The van der Waals surface area contributed by atoms with Crippen molar-refractivity contribution in [2.24, 2.45) is 0 Å². The average Bonchev–Trinajstić information content (AvgIpc) is 2.56. The lowest BCUT2D eigenvalue weighted by Gasteiger charge is -2.09. The first-order valence-electron chi connectivity index (χ1n) is 7.20. The fourth-order valence-electron chi connectivity index (χ4n) is 1.83. The van der Waals surface area contributed by atoms with Crippen molar-refractivity contribution in [2.45, 2.75) is 6.92 Å². The number of hydrogen-bond donors (Lipinski definition) is 2. The fourth-order valence-corrected chi connectivity index (χ4v) is 2.20. The molecule has 0 heterocycles. The molecule has 2 aromatic rings. The summed E-state index contributed by atoms with van der Waals surface area (Å²) in [5, 5.41) is 5.95. The van der Waals surface area contributed by atoms with E-state index in [1.807, 2.05) is 6.92 Å². The molecule has 0 fully saturated rings. The minimum atomic E-state index is -0.771. The van der Waals surface area contributed by atoms with Gasteiger partial charge >= 0.3 is 11.8 Å². The lowest BCUT2D eigenvalue weighted by molar-refractivity contribution is -0.136. The molecule has 24 heavy (non-hydrogen) atoms. The molecule has 0 saturated carbocycles. The maximum Gasteiger partial charge on any atom is 0.313 e. The third kappa shape index (κ3) is 5.15. The second-order valence-corrected chi connectivity index (χ2v) is 5.77. The summed E-state index contributed by atoms with van der Waals surface area (Å²) in [4.78, 5) is 23.5. The zero-order valence-electron chi connectivity index (χ0n) is 12.9. The van der Waals surface area contributed by atoms with Gasteiger partial charge in [-0.15, -0.1) is 0 Å². The van der Waals surface area contributed by atoms with Gasteiger partial charge in [-0.2, -0.15) is 0 Å². The summed E-state index contributed by atoms with van der Waals surface area (Å²) in [5.41, 5.74) is 1.34. The minimum absolute atomic E-state index is 0.173. The lowest BCUT2D eigenvalue weighted by atomic mass is 10.2. The summed E-state index contributed by atoms with van der Waals surface area (Å²) in [6, 6.07) is 12.0. The van der Waals surface area contributed by atoms with Gasteiger partial charge in [0.2, 0.25) is 0 Å². The van der Waals surface area contributed by atoms with Crippen LogP contribution in [0.3, 0.4) is 0 Å². The fraction of sp³-hybridized carbons (Fsp3) is 0.176. The standard InChI is InChI=1S/C17H16Cl2N2O3/c1-11-6-7-12(10-14(11)19)21-17(23)16(22)20-8-9-24-15-5-3-2-4-13(15)18/h2-7,10H,8-9H2,1H3,(H,20,22)(H,21,23). The molecule has 7 heteroatoms. The molecule has 2 rings (SSSR count). The number of ether oxygens (including phenoxy) is 1. The Kier molecular flexibility index (Phi) is 6.46. The van der Waals surface area contributed by atoms with Crippen LogP contribution in [0.1, 0.15) is 5.56 Å². The Labute approximate surface area is 149 Å². The van der Waals surface area contributed by atoms with E-state index in [9.17, 15) is 9.59 Å². The van der Waals surface area contributed by atoms with E-state index in [-0.39, 0.29) is 13.2 Å². The Bertz CT molecular complexity index is 750. The highest BCUT2D eigenvalue weighted by Gasteiger charge is 2.13.